The normalized spacial score (nSPS) is 11.5. The largest absolute Gasteiger partial charge is 0.341 e. The average molecular weight is 381 g/mol. The molecule has 4 rings (SSSR count). The van der Waals surface area contributed by atoms with Crippen LogP contribution in [-0.2, 0) is 7.05 Å². The minimum Gasteiger partial charge on any atom is -0.341 e. The van der Waals surface area contributed by atoms with E-state index in [9.17, 15) is 4.79 Å². The van der Waals surface area contributed by atoms with Gasteiger partial charge in [-0.1, -0.05) is 45.3 Å². The van der Waals surface area contributed by atoms with E-state index in [1.54, 1.807) is 4.57 Å². The molecule has 0 aliphatic carbocycles. The first-order valence-electron chi connectivity index (χ1n) is 7.83. The fourth-order valence-corrected chi connectivity index (χ4v) is 3.77. The molecule has 0 unspecified atom stereocenters. The maximum absolute atomic E-state index is 12.9. The Hall–Kier alpha value is -2.33. The highest BCUT2D eigenvalue weighted by atomic mass is 79.9. The molecule has 0 amide bonds. The summed E-state index contributed by atoms with van der Waals surface area (Å²) in [6.45, 7) is 4.12. The van der Waals surface area contributed by atoms with E-state index in [2.05, 4.69) is 59.0 Å². The number of halogens is 1. The van der Waals surface area contributed by atoms with Gasteiger partial charge in [0, 0.05) is 33.4 Å². The molecular weight excluding hydrogens is 364 g/mol. The zero-order valence-corrected chi connectivity index (χ0v) is 15.4. The molecule has 1 N–H and O–H groups in total. The van der Waals surface area contributed by atoms with Crippen molar-refractivity contribution in [2.24, 2.45) is 7.05 Å². The summed E-state index contributed by atoms with van der Waals surface area (Å²) < 4.78 is 2.73. The molecule has 120 valence electrons. The highest BCUT2D eigenvalue weighted by Gasteiger charge is 2.14. The molecule has 0 fully saturated rings. The Morgan fingerprint density at radius 1 is 0.958 bits per heavy atom. The van der Waals surface area contributed by atoms with E-state index in [1.807, 2.05) is 25.2 Å². The maximum Gasteiger partial charge on any atom is 0.259 e. The molecule has 0 aliphatic rings. The number of benzene rings is 2. The lowest BCUT2D eigenvalue weighted by Crippen LogP contribution is -2.18. The maximum atomic E-state index is 12.9. The Bertz CT molecular complexity index is 1150. The summed E-state index contributed by atoms with van der Waals surface area (Å²) >= 11 is 3.54. The summed E-state index contributed by atoms with van der Waals surface area (Å²) in [4.78, 5) is 16.2. The summed E-state index contributed by atoms with van der Waals surface area (Å²) in [7, 11) is 1.82. The molecular formula is C20H17BrN2O. The lowest BCUT2D eigenvalue weighted by atomic mass is 10.0. The number of fused-ring (bicyclic) bond motifs is 3. The van der Waals surface area contributed by atoms with Gasteiger partial charge in [0.15, 0.2) is 0 Å². The van der Waals surface area contributed by atoms with Crippen molar-refractivity contribution in [3.05, 3.63) is 68.4 Å². The minimum absolute atomic E-state index is 0.0121. The third-order valence-corrected chi connectivity index (χ3v) is 4.97. The fraction of sp³-hybridized carbons (Fsp3) is 0.150. The van der Waals surface area contributed by atoms with Crippen LogP contribution >= 0.6 is 15.9 Å². The van der Waals surface area contributed by atoms with Gasteiger partial charge in [-0.2, -0.15) is 0 Å². The highest BCUT2D eigenvalue weighted by molar-refractivity contribution is 9.10. The summed E-state index contributed by atoms with van der Waals surface area (Å²) in [6, 6.07) is 14.4. The van der Waals surface area contributed by atoms with Gasteiger partial charge in [-0.25, -0.2) is 0 Å². The van der Waals surface area contributed by atoms with E-state index >= 15 is 0 Å². The quantitative estimate of drug-likeness (QED) is 0.491. The van der Waals surface area contributed by atoms with Crippen LogP contribution in [0, 0.1) is 13.8 Å². The minimum atomic E-state index is 0.0121. The standard InChI is InChI=1S/C20H17BrN2O/c1-11-6-12(2)8-13(7-11)15-10-17-16-9-14(21)4-5-18(16)22-19(17)23(3)20(15)24/h4-10,22H,1-3H3. The number of aromatic nitrogens is 2. The second-order valence-corrected chi connectivity index (χ2v) is 7.29. The van der Waals surface area contributed by atoms with Gasteiger partial charge >= 0.3 is 0 Å². The van der Waals surface area contributed by atoms with Gasteiger partial charge in [0.1, 0.15) is 5.65 Å². The second-order valence-electron chi connectivity index (χ2n) is 6.38. The van der Waals surface area contributed by atoms with E-state index in [4.69, 9.17) is 0 Å². The van der Waals surface area contributed by atoms with E-state index in [0.29, 0.717) is 0 Å². The second kappa shape index (κ2) is 5.35. The summed E-state index contributed by atoms with van der Waals surface area (Å²) in [5.74, 6) is 0. The number of H-pyrrole nitrogens is 1. The third kappa shape index (κ3) is 2.29. The smallest absolute Gasteiger partial charge is 0.259 e. The molecule has 4 aromatic rings. The zero-order chi connectivity index (χ0) is 17.0. The predicted molar refractivity (Wildman–Crippen MR) is 104 cm³/mol. The van der Waals surface area contributed by atoms with Crippen molar-refractivity contribution < 1.29 is 0 Å². The Balaban J connectivity index is 2.13. The molecule has 24 heavy (non-hydrogen) atoms. The highest BCUT2D eigenvalue weighted by Crippen LogP contribution is 2.30. The van der Waals surface area contributed by atoms with Gasteiger partial charge in [0.25, 0.3) is 5.56 Å². The lowest BCUT2D eigenvalue weighted by Gasteiger charge is -2.08. The van der Waals surface area contributed by atoms with E-state index < -0.39 is 0 Å². The van der Waals surface area contributed by atoms with Gasteiger partial charge < -0.3 is 4.98 Å². The first-order valence-corrected chi connectivity index (χ1v) is 8.63. The summed E-state index contributed by atoms with van der Waals surface area (Å²) in [5.41, 5.74) is 5.92. The molecule has 2 aromatic heterocycles. The topological polar surface area (TPSA) is 37.8 Å². The van der Waals surface area contributed by atoms with E-state index in [0.717, 1.165) is 48.7 Å². The monoisotopic (exact) mass is 380 g/mol. The molecule has 0 spiro atoms. The van der Waals surface area contributed by atoms with Crippen LogP contribution in [0.5, 0.6) is 0 Å². The number of rotatable bonds is 1. The van der Waals surface area contributed by atoms with Crippen LogP contribution in [0.15, 0.2) is 51.7 Å². The number of nitrogens with zero attached hydrogens (tertiary/aromatic N) is 1. The molecule has 2 heterocycles. The molecule has 2 aromatic carbocycles. The average Bonchev–Trinajstić information content (AvgIpc) is 2.88. The van der Waals surface area contributed by atoms with Crippen LogP contribution in [0.25, 0.3) is 33.1 Å². The van der Waals surface area contributed by atoms with Crippen LogP contribution in [-0.4, -0.2) is 9.55 Å². The van der Waals surface area contributed by atoms with Crippen LogP contribution in [0.3, 0.4) is 0 Å². The summed E-state index contributed by atoms with van der Waals surface area (Å²) in [6.07, 6.45) is 0. The first kappa shape index (κ1) is 15.2. The SMILES string of the molecule is Cc1cc(C)cc(-c2cc3c4cc(Br)ccc4[nH]c3n(C)c2=O)c1. The van der Waals surface area contributed by atoms with Crippen molar-refractivity contribution in [1.82, 2.24) is 9.55 Å². The van der Waals surface area contributed by atoms with Gasteiger partial charge in [-0.3, -0.25) is 9.36 Å². The molecule has 0 atom stereocenters. The van der Waals surface area contributed by atoms with Crippen molar-refractivity contribution in [3.8, 4) is 11.1 Å². The molecule has 4 heteroatoms. The number of hydrogen-bond donors (Lipinski definition) is 1. The van der Waals surface area contributed by atoms with Crippen LogP contribution < -0.4 is 5.56 Å². The molecule has 0 radical (unpaired) electrons. The number of aryl methyl sites for hydroxylation is 3. The predicted octanol–water partition coefficient (Wildman–Crippen LogP) is 5.07. The molecule has 0 saturated heterocycles. The van der Waals surface area contributed by atoms with Crippen molar-refractivity contribution in [3.63, 3.8) is 0 Å². The molecule has 0 saturated carbocycles. The van der Waals surface area contributed by atoms with Crippen molar-refractivity contribution in [2.45, 2.75) is 13.8 Å². The Morgan fingerprint density at radius 3 is 2.38 bits per heavy atom. The number of hydrogen-bond acceptors (Lipinski definition) is 1. The first-order chi connectivity index (χ1) is 11.4. The molecule has 3 nitrogen and oxygen atoms in total. The van der Waals surface area contributed by atoms with Crippen molar-refractivity contribution in [1.29, 1.82) is 0 Å². The number of pyridine rings is 1. The van der Waals surface area contributed by atoms with Gasteiger partial charge in [-0.15, -0.1) is 0 Å². The van der Waals surface area contributed by atoms with E-state index in [1.165, 1.54) is 0 Å². The zero-order valence-electron chi connectivity index (χ0n) is 13.8. The summed E-state index contributed by atoms with van der Waals surface area (Å²) in [5, 5.41) is 2.17. The van der Waals surface area contributed by atoms with Crippen LogP contribution in [0.1, 0.15) is 11.1 Å². The Labute approximate surface area is 148 Å². The van der Waals surface area contributed by atoms with Crippen LogP contribution in [0.4, 0.5) is 0 Å². The van der Waals surface area contributed by atoms with Crippen molar-refractivity contribution >= 4 is 37.9 Å². The Kier molecular flexibility index (Phi) is 3.39. The van der Waals surface area contributed by atoms with Crippen molar-refractivity contribution in [2.75, 3.05) is 0 Å². The van der Waals surface area contributed by atoms with Gasteiger partial charge in [0.2, 0.25) is 0 Å². The number of aromatic amines is 1. The van der Waals surface area contributed by atoms with Gasteiger partial charge in [-0.05, 0) is 43.7 Å². The van der Waals surface area contributed by atoms with E-state index in [-0.39, 0.29) is 5.56 Å². The lowest BCUT2D eigenvalue weighted by molar-refractivity contribution is 0.896. The van der Waals surface area contributed by atoms with Gasteiger partial charge in [0.05, 0.1) is 0 Å². The van der Waals surface area contributed by atoms with Crippen LogP contribution in [0.2, 0.25) is 0 Å². The fourth-order valence-electron chi connectivity index (χ4n) is 3.41. The molecule has 0 aliphatic heterocycles. The molecule has 0 bridgehead atoms. The third-order valence-electron chi connectivity index (χ3n) is 4.47. The Morgan fingerprint density at radius 2 is 1.67 bits per heavy atom. The number of nitrogens with one attached hydrogen (secondary N) is 1.